The summed E-state index contributed by atoms with van der Waals surface area (Å²) in [6.07, 6.45) is 6.99. The molecule has 0 saturated heterocycles. The summed E-state index contributed by atoms with van der Waals surface area (Å²) in [5.74, 6) is 0.923. The molecule has 0 unspecified atom stereocenters. The zero-order chi connectivity index (χ0) is 15.5. The Morgan fingerprint density at radius 3 is 2.33 bits per heavy atom. The van der Waals surface area contributed by atoms with Crippen molar-refractivity contribution in [2.45, 2.75) is 9.79 Å². The molecule has 2 N–H and O–H groups in total. The highest BCUT2D eigenvalue weighted by Crippen LogP contribution is 2.46. The van der Waals surface area contributed by atoms with Crippen LogP contribution in [-0.4, -0.2) is 31.7 Å². The van der Waals surface area contributed by atoms with Gasteiger partial charge in [-0.2, -0.15) is 0 Å². The molecule has 0 aliphatic rings. The standard InChI is InChI=1S/C17H24N2S2/c1-19(13-20-16-10-8-14(18)9-11-16)15-6-5-7-17(12-15)21(2,3)4/h5-12H,13,18H2,1-4H3. The molecule has 4 heteroatoms. The lowest BCUT2D eigenvalue weighted by molar-refractivity contribution is 1.09. The Kier molecular flexibility index (Phi) is 5.12. The van der Waals surface area contributed by atoms with Gasteiger partial charge in [-0.15, -0.1) is 11.8 Å². The summed E-state index contributed by atoms with van der Waals surface area (Å²) in [7, 11) is 1.46. The van der Waals surface area contributed by atoms with E-state index >= 15 is 0 Å². The van der Waals surface area contributed by atoms with Crippen LogP contribution in [0.25, 0.3) is 0 Å². The minimum absolute atomic E-state index is 0.678. The fourth-order valence-electron chi connectivity index (χ4n) is 1.91. The van der Waals surface area contributed by atoms with Crippen molar-refractivity contribution < 1.29 is 0 Å². The number of rotatable bonds is 5. The van der Waals surface area contributed by atoms with E-state index in [1.165, 1.54) is 15.5 Å². The Morgan fingerprint density at radius 1 is 1.05 bits per heavy atom. The highest BCUT2D eigenvalue weighted by atomic mass is 32.3. The van der Waals surface area contributed by atoms with E-state index in [0.717, 1.165) is 11.6 Å². The highest BCUT2D eigenvalue weighted by molar-refractivity contribution is 8.32. The van der Waals surface area contributed by atoms with Crippen LogP contribution in [0.4, 0.5) is 11.4 Å². The van der Waals surface area contributed by atoms with E-state index < -0.39 is 10.0 Å². The maximum absolute atomic E-state index is 5.71. The summed E-state index contributed by atoms with van der Waals surface area (Å²) in [4.78, 5) is 4.98. The van der Waals surface area contributed by atoms with Crippen molar-refractivity contribution in [2.75, 3.05) is 42.3 Å². The van der Waals surface area contributed by atoms with E-state index in [1.807, 2.05) is 23.9 Å². The molecule has 0 aliphatic heterocycles. The van der Waals surface area contributed by atoms with E-state index in [4.69, 9.17) is 5.73 Å². The Balaban J connectivity index is 2.03. The van der Waals surface area contributed by atoms with Gasteiger partial charge in [-0.3, -0.25) is 0 Å². The van der Waals surface area contributed by atoms with E-state index in [0.29, 0.717) is 0 Å². The molecule has 0 radical (unpaired) electrons. The normalized spacial score (nSPS) is 12.2. The van der Waals surface area contributed by atoms with Gasteiger partial charge in [-0.25, -0.2) is 10.0 Å². The van der Waals surface area contributed by atoms with Crippen molar-refractivity contribution in [1.29, 1.82) is 0 Å². The van der Waals surface area contributed by atoms with Crippen LogP contribution >= 0.6 is 21.8 Å². The number of hydrogen-bond donors (Lipinski definition) is 1. The molecule has 114 valence electrons. The van der Waals surface area contributed by atoms with Crippen LogP contribution < -0.4 is 10.6 Å². The topological polar surface area (TPSA) is 29.3 Å². The molecule has 0 heterocycles. The van der Waals surface area contributed by atoms with Gasteiger partial charge >= 0.3 is 0 Å². The second kappa shape index (κ2) is 6.67. The monoisotopic (exact) mass is 320 g/mol. The number of nitrogen functional groups attached to an aromatic ring is 1. The average molecular weight is 321 g/mol. The van der Waals surface area contributed by atoms with Gasteiger partial charge < -0.3 is 10.6 Å². The van der Waals surface area contributed by atoms with Gasteiger partial charge in [-0.05, 0) is 66.1 Å². The smallest absolute Gasteiger partial charge is 0.0682 e. The number of hydrogen-bond acceptors (Lipinski definition) is 3. The Hall–Kier alpha value is -1.26. The fraction of sp³-hybridized carbons (Fsp3) is 0.294. The van der Waals surface area contributed by atoms with Crippen LogP contribution in [0.5, 0.6) is 0 Å². The highest BCUT2D eigenvalue weighted by Gasteiger charge is 2.10. The first-order valence-electron chi connectivity index (χ1n) is 6.84. The number of nitrogens with zero attached hydrogens (tertiary/aromatic N) is 1. The Bertz CT molecular complexity index is 588. The summed E-state index contributed by atoms with van der Waals surface area (Å²) >= 11 is 1.82. The van der Waals surface area contributed by atoms with E-state index in [2.05, 4.69) is 67.1 Å². The van der Waals surface area contributed by atoms with Crippen molar-refractivity contribution in [3.63, 3.8) is 0 Å². The fourth-order valence-corrected chi connectivity index (χ4v) is 3.69. The average Bonchev–Trinajstić information content (AvgIpc) is 2.45. The molecule has 0 atom stereocenters. The molecular weight excluding hydrogens is 296 g/mol. The Morgan fingerprint density at radius 2 is 1.71 bits per heavy atom. The number of thioether (sulfide) groups is 1. The van der Waals surface area contributed by atoms with Gasteiger partial charge in [0, 0.05) is 23.3 Å². The second-order valence-electron chi connectivity index (χ2n) is 5.87. The first-order valence-corrected chi connectivity index (χ1v) is 10.7. The van der Waals surface area contributed by atoms with Crippen LogP contribution in [0.2, 0.25) is 0 Å². The third-order valence-electron chi connectivity index (χ3n) is 3.27. The number of benzene rings is 2. The second-order valence-corrected chi connectivity index (χ2v) is 11.0. The predicted octanol–water partition coefficient (Wildman–Crippen LogP) is 4.51. The number of nitrogens with two attached hydrogens (primary N) is 1. The zero-order valence-corrected chi connectivity index (χ0v) is 14.8. The van der Waals surface area contributed by atoms with E-state index in [1.54, 1.807) is 0 Å². The van der Waals surface area contributed by atoms with Gasteiger partial charge in [0.2, 0.25) is 0 Å². The van der Waals surface area contributed by atoms with Gasteiger partial charge in [0.05, 0.1) is 5.88 Å². The first kappa shape index (κ1) is 16.1. The van der Waals surface area contributed by atoms with Crippen molar-refractivity contribution >= 4 is 33.2 Å². The molecule has 0 amide bonds. The maximum Gasteiger partial charge on any atom is 0.0682 e. The summed E-state index contributed by atoms with van der Waals surface area (Å²) in [5.41, 5.74) is 7.80. The van der Waals surface area contributed by atoms with Gasteiger partial charge in [0.15, 0.2) is 0 Å². The molecule has 0 aromatic heterocycles. The molecule has 0 spiro atoms. The lowest BCUT2D eigenvalue weighted by Gasteiger charge is -2.28. The lowest BCUT2D eigenvalue weighted by atomic mass is 10.3. The molecule has 0 aliphatic carbocycles. The molecule has 2 nitrogen and oxygen atoms in total. The summed E-state index contributed by atoms with van der Waals surface area (Å²) in [6, 6.07) is 16.9. The van der Waals surface area contributed by atoms with Crippen LogP contribution in [0.15, 0.2) is 58.3 Å². The van der Waals surface area contributed by atoms with Crippen LogP contribution in [0, 0.1) is 0 Å². The molecule has 21 heavy (non-hydrogen) atoms. The van der Waals surface area contributed by atoms with Gasteiger partial charge in [0.1, 0.15) is 0 Å². The minimum Gasteiger partial charge on any atom is -0.399 e. The molecule has 2 rings (SSSR count). The van der Waals surface area contributed by atoms with Crippen molar-refractivity contribution in [3.8, 4) is 0 Å². The quantitative estimate of drug-likeness (QED) is 0.499. The molecule has 0 saturated carbocycles. The third kappa shape index (κ3) is 4.61. The molecule has 0 fully saturated rings. The number of anilines is 2. The molecule has 0 bridgehead atoms. The maximum atomic E-state index is 5.71. The predicted molar refractivity (Wildman–Crippen MR) is 100 cm³/mol. The first-order chi connectivity index (χ1) is 9.86. The van der Waals surface area contributed by atoms with Crippen molar-refractivity contribution in [3.05, 3.63) is 48.5 Å². The summed E-state index contributed by atoms with van der Waals surface area (Å²) < 4.78 is 0. The minimum atomic E-state index is -0.678. The largest absolute Gasteiger partial charge is 0.399 e. The van der Waals surface area contributed by atoms with Gasteiger partial charge in [-0.1, -0.05) is 6.07 Å². The van der Waals surface area contributed by atoms with Crippen LogP contribution in [0.3, 0.4) is 0 Å². The van der Waals surface area contributed by atoms with Crippen molar-refractivity contribution in [1.82, 2.24) is 0 Å². The zero-order valence-electron chi connectivity index (χ0n) is 13.2. The van der Waals surface area contributed by atoms with Crippen LogP contribution in [0.1, 0.15) is 0 Å². The molecule has 2 aromatic rings. The lowest BCUT2D eigenvalue weighted by Crippen LogP contribution is -2.16. The Labute approximate surface area is 134 Å². The van der Waals surface area contributed by atoms with Crippen molar-refractivity contribution in [2.24, 2.45) is 0 Å². The SMILES string of the molecule is CN(CSc1ccc(N)cc1)c1cccc(S(C)(C)C)c1. The van der Waals surface area contributed by atoms with Gasteiger partial charge in [0.25, 0.3) is 0 Å². The summed E-state index contributed by atoms with van der Waals surface area (Å²) in [6.45, 7) is 0. The third-order valence-corrected chi connectivity index (χ3v) is 6.06. The van der Waals surface area contributed by atoms with Crippen LogP contribution in [-0.2, 0) is 0 Å². The molecular formula is C17H24N2S2. The van der Waals surface area contributed by atoms with E-state index in [-0.39, 0.29) is 0 Å². The van der Waals surface area contributed by atoms with E-state index in [9.17, 15) is 0 Å². The summed E-state index contributed by atoms with van der Waals surface area (Å²) in [5, 5.41) is 0. The molecule has 2 aromatic carbocycles.